The molecule has 0 aliphatic heterocycles. The van der Waals surface area contributed by atoms with E-state index in [1.54, 1.807) is 57.3 Å². The highest BCUT2D eigenvalue weighted by Gasteiger charge is 2.38. The number of nitrogens with one attached hydrogen (secondary N) is 4. The van der Waals surface area contributed by atoms with Gasteiger partial charge in [-0.1, -0.05) is 78.9 Å². The Morgan fingerprint density at radius 2 is 1.35 bits per heavy atom. The molecule has 4 rings (SSSR count). The molecule has 1 heterocycles. The monoisotopic (exact) mass is 855 g/mol. The van der Waals surface area contributed by atoms with Crippen molar-refractivity contribution in [1.82, 2.24) is 30.7 Å². The number of likely N-dealkylation sites (N-methyl/N-ethyl adjacent to an activating group) is 2. The van der Waals surface area contributed by atoms with Crippen molar-refractivity contribution < 1.29 is 48.1 Å². The Balaban J connectivity index is 1.58. The molecule has 0 saturated heterocycles. The molecule has 0 unspecified atom stereocenters. The Kier molecular flexibility index (Phi) is 17.4. The van der Waals surface area contributed by atoms with Crippen LogP contribution in [0.3, 0.4) is 0 Å². The topological polar surface area (TPSA) is 243 Å². The molecule has 17 heteroatoms. The van der Waals surface area contributed by atoms with Crippen LogP contribution in [0.15, 0.2) is 91.1 Å². The van der Waals surface area contributed by atoms with Crippen molar-refractivity contribution in [2.24, 2.45) is 5.73 Å². The first kappa shape index (κ1) is 47.8. The third-order valence-corrected chi connectivity index (χ3v) is 10.0. The SMILES string of the molecule is CN(C(=O)[C@H](CCCCNC(=O)OCc1ccccc1)NC(=O)[C@H](Cc1c[nH]c2ccccc12)NC(=O)OC(C)(C)C)[C@@H](CC(=O)O)C(=O)N(C)[C@@H](Cc1ccccc1)C(N)=O. The number of amides is 6. The van der Waals surface area contributed by atoms with Gasteiger partial charge in [0.2, 0.25) is 23.6 Å². The van der Waals surface area contributed by atoms with Gasteiger partial charge < -0.3 is 51.0 Å². The van der Waals surface area contributed by atoms with Crippen LogP contribution in [0.25, 0.3) is 10.9 Å². The number of alkyl carbamates (subject to hydrolysis) is 2. The number of fused-ring (bicyclic) bond motifs is 1. The smallest absolute Gasteiger partial charge is 0.408 e. The Morgan fingerprint density at radius 1 is 0.742 bits per heavy atom. The average Bonchev–Trinajstić information content (AvgIpc) is 3.64. The van der Waals surface area contributed by atoms with Gasteiger partial charge in [-0.3, -0.25) is 24.0 Å². The molecule has 332 valence electrons. The summed E-state index contributed by atoms with van der Waals surface area (Å²) in [4.78, 5) is 98.3. The zero-order valence-electron chi connectivity index (χ0n) is 35.7. The predicted molar refractivity (Wildman–Crippen MR) is 230 cm³/mol. The fourth-order valence-electron chi connectivity index (χ4n) is 6.76. The molecule has 0 aliphatic carbocycles. The van der Waals surface area contributed by atoms with Gasteiger partial charge in [-0.05, 0) is 62.8 Å². The average molecular weight is 856 g/mol. The lowest BCUT2D eigenvalue weighted by molar-refractivity contribution is -0.152. The minimum atomic E-state index is -1.62. The van der Waals surface area contributed by atoms with Gasteiger partial charge in [-0.15, -0.1) is 0 Å². The lowest BCUT2D eigenvalue weighted by Gasteiger charge is -2.35. The van der Waals surface area contributed by atoms with E-state index in [1.165, 1.54) is 14.1 Å². The molecule has 62 heavy (non-hydrogen) atoms. The first-order valence-electron chi connectivity index (χ1n) is 20.3. The van der Waals surface area contributed by atoms with Gasteiger partial charge in [-0.25, -0.2) is 9.59 Å². The largest absolute Gasteiger partial charge is 0.481 e. The maximum atomic E-state index is 14.5. The molecule has 3 aromatic carbocycles. The Morgan fingerprint density at radius 3 is 1.98 bits per heavy atom. The summed E-state index contributed by atoms with van der Waals surface area (Å²) in [5.74, 6) is -4.68. The lowest BCUT2D eigenvalue weighted by Crippen LogP contribution is -2.59. The number of benzene rings is 3. The molecule has 4 atom stereocenters. The van der Waals surface area contributed by atoms with Crippen molar-refractivity contribution in [2.45, 2.75) is 95.7 Å². The fourth-order valence-corrected chi connectivity index (χ4v) is 6.76. The van der Waals surface area contributed by atoms with Crippen LogP contribution in [0.4, 0.5) is 9.59 Å². The number of carboxylic acids is 1. The number of carbonyl (C=O) groups is 7. The summed E-state index contributed by atoms with van der Waals surface area (Å²) < 4.78 is 10.7. The van der Waals surface area contributed by atoms with Crippen molar-refractivity contribution in [3.8, 4) is 0 Å². The van der Waals surface area contributed by atoms with Crippen LogP contribution in [0.5, 0.6) is 0 Å². The summed E-state index contributed by atoms with van der Waals surface area (Å²) in [5, 5.41) is 18.8. The molecule has 0 aliphatic rings. The fraction of sp³-hybridized carbons (Fsp3) is 0.400. The van der Waals surface area contributed by atoms with Crippen molar-refractivity contribution in [3.63, 3.8) is 0 Å². The van der Waals surface area contributed by atoms with Crippen LogP contribution in [-0.4, -0.2) is 112 Å². The number of hydrogen-bond donors (Lipinski definition) is 6. The second-order valence-electron chi connectivity index (χ2n) is 15.9. The zero-order chi connectivity index (χ0) is 45.4. The molecule has 0 radical (unpaired) electrons. The Hall–Kier alpha value is -6.91. The molecule has 0 spiro atoms. The van der Waals surface area contributed by atoms with Crippen molar-refractivity contribution in [2.75, 3.05) is 20.6 Å². The molecule has 6 amide bonds. The first-order valence-corrected chi connectivity index (χ1v) is 20.3. The first-order chi connectivity index (χ1) is 29.4. The number of hydrogen-bond acceptors (Lipinski definition) is 9. The zero-order valence-corrected chi connectivity index (χ0v) is 35.7. The molecule has 17 nitrogen and oxygen atoms in total. The summed E-state index contributed by atoms with van der Waals surface area (Å²) >= 11 is 0. The van der Waals surface area contributed by atoms with Crippen LogP contribution in [-0.2, 0) is 52.9 Å². The van der Waals surface area contributed by atoms with Gasteiger partial charge in [0.25, 0.3) is 0 Å². The number of para-hydroxylation sites is 1. The van der Waals surface area contributed by atoms with Crippen molar-refractivity contribution in [3.05, 3.63) is 108 Å². The van der Waals surface area contributed by atoms with Gasteiger partial charge in [0.15, 0.2) is 0 Å². The van der Waals surface area contributed by atoms with Crippen LogP contribution in [0, 0.1) is 0 Å². The van der Waals surface area contributed by atoms with Gasteiger partial charge >= 0.3 is 18.2 Å². The van der Waals surface area contributed by atoms with Gasteiger partial charge in [0, 0.05) is 50.6 Å². The normalized spacial score (nSPS) is 13.1. The molecule has 0 fully saturated rings. The number of unbranched alkanes of at least 4 members (excludes halogenated alkanes) is 1. The van der Waals surface area contributed by atoms with E-state index in [9.17, 15) is 38.7 Å². The van der Waals surface area contributed by atoms with E-state index < -0.39 is 78.0 Å². The van der Waals surface area contributed by atoms with Crippen LogP contribution < -0.4 is 21.7 Å². The van der Waals surface area contributed by atoms with Gasteiger partial charge in [0.05, 0.1) is 6.42 Å². The Bertz CT molecular complexity index is 2160. The van der Waals surface area contributed by atoms with Gasteiger partial charge in [-0.2, -0.15) is 0 Å². The summed E-state index contributed by atoms with van der Waals surface area (Å²) in [6.45, 7) is 5.23. The summed E-state index contributed by atoms with van der Waals surface area (Å²) in [7, 11) is 2.55. The van der Waals surface area contributed by atoms with E-state index in [0.29, 0.717) is 17.5 Å². The third kappa shape index (κ3) is 14.7. The lowest BCUT2D eigenvalue weighted by atomic mass is 10.0. The summed E-state index contributed by atoms with van der Waals surface area (Å²) in [6.07, 6.45) is -0.0584. The molecule has 0 bridgehead atoms. The van der Waals surface area contributed by atoms with Crippen LogP contribution in [0.2, 0.25) is 0 Å². The third-order valence-electron chi connectivity index (χ3n) is 10.0. The predicted octanol–water partition coefficient (Wildman–Crippen LogP) is 4.04. The molecular formula is C45H57N7O10. The van der Waals surface area contributed by atoms with E-state index >= 15 is 0 Å². The standard InChI is InChI=1S/C45H57N7O10/c1-45(2,3)62-44(60)50-35(25-31-27-48-33-21-13-12-20-32(31)33)40(56)49-34(22-14-15-23-47-43(59)61-28-30-18-10-7-11-19-30)41(57)52(5)37(26-38(53)54)42(58)51(4)36(39(46)55)24-29-16-8-6-9-17-29/h6-13,16-21,27,34-37,48H,14-15,22-26,28H2,1-5H3,(H2,46,55)(H,47,59)(H,49,56)(H,50,60)(H,53,54)/t34-,35-,36-,37-/m0/s1. The molecule has 4 aromatic rings. The van der Waals surface area contributed by atoms with Crippen LogP contribution >= 0.6 is 0 Å². The van der Waals surface area contributed by atoms with E-state index in [1.807, 2.05) is 54.6 Å². The molecule has 1 aromatic heterocycles. The molecule has 0 saturated carbocycles. The number of carbonyl (C=O) groups excluding carboxylic acids is 6. The van der Waals surface area contributed by atoms with Gasteiger partial charge in [0.1, 0.15) is 36.4 Å². The van der Waals surface area contributed by atoms with E-state index in [-0.39, 0.29) is 38.8 Å². The van der Waals surface area contributed by atoms with E-state index in [2.05, 4.69) is 20.9 Å². The highest BCUT2D eigenvalue weighted by molar-refractivity contribution is 5.96. The molecular weight excluding hydrogens is 799 g/mol. The highest BCUT2D eigenvalue weighted by atomic mass is 16.6. The minimum Gasteiger partial charge on any atom is -0.481 e. The highest BCUT2D eigenvalue weighted by Crippen LogP contribution is 2.21. The van der Waals surface area contributed by atoms with Crippen molar-refractivity contribution in [1.29, 1.82) is 0 Å². The van der Waals surface area contributed by atoms with Crippen molar-refractivity contribution >= 4 is 52.7 Å². The number of nitrogens with zero attached hydrogens (tertiary/aromatic N) is 2. The quantitative estimate of drug-likeness (QED) is 0.0657. The number of aromatic amines is 1. The summed E-state index contributed by atoms with van der Waals surface area (Å²) in [6, 6.07) is 19.9. The Labute approximate surface area is 360 Å². The number of primary amides is 1. The van der Waals surface area contributed by atoms with E-state index in [0.717, 1.165) is 26.3 Å². The second kappa shape index (κ2) is 22.6. The maximum Gasteiger partial charge on any atom is 0.408 e. The number of ether oxygens (including phenoxy) is 2. The number of rotatable bonds is 21. The van der Waals surface area contributed by atoms with E-state index in [4.69, 9.17) is 15.2 Å². The second-order valence-corrected chi connectivity index (χ2v) is 15.9. The molecule has 7 N–H and O–H groups in total. The number of nitrogens with two attached hydrogens (primary N) is 1. The van der Waals surface area contributed by atoms with Crippen LogP contribution in [0.1, 0.15) is 63.1 Å². The number of carboxylic acid groups (broad SMARTS) is 1. The number of aromatic nitrogens is 1. The number of aliphatic carboxylic acids is 1. The summed E-state index contributed by atoms with van der Waals surface area (Å²) in [5.41, 5.74) is 7.82. The maximum absolute atomic E-state index is 14.5. The number of H-pyrrole nitrogens is 1. The minimum absolute atomic E-state index is 0.0122.